The SMILES string of the molecule is CCc1ccc(NC(N)=NCc2cc(CC)ccn2)cc1. The molecule has 0 aliphatic carbocycles. The number of anilines is 1. The summed E-state index contributed by atoms with van der Waals surface area (Å²) in [5, 5.41) is 3.09. The maximum atomic E-state index is 5.91. The van der Waals surface area contributed by atoms with Gasteiger partial charge in [0.05, 0.1) is 12.2 Å². The van der Waals surface area contributed by atoms with Gasteiger partial charge >= 0.3 is 0 Å². The number of benzene rings is 1. The van der Waals surface area contributed by atoms with Gasteiger partial charge in [0.15, 0.2) is 5.96 Å². The molecule has 2 rings (SSSR count). The first-order valence-corrected chi connectivity index (χ1v) is 7.31. The van der Waals surface area contributed by atoms with Crippen LogP contribution in [0.2, 0.25) is 0 Å². The molecule has 2 aromatic rings. The largest absolute Gasteiger partial charge is 0.370 e. The van der Waals surface area contributed by atoms with Crippen molar-refractivity contribution >= 4 is 11.6 Å². The van der Waals surface area contributed by atoms with Gasteiger partial charge in [-0.25, -0.2) is 4.99 Å². The van der Waals surface area contributed by atoms with E-state index in [0.717, 1.165) is 24.2 Å². The van der Waals surface area contributed by atoms with Crippen molar-refractivity contribution in [3.63, 3.8) is 0 Å². The third kappa shape index (κ3) is 4.60. The van der Waals surface area contributed by atoms with E-state index < -0.39 is 0 Å². The van der Waals surface area contributed by atoms with Crippen LogP contribution in [0.3, 0.4) is 0 Å². The number of nitrogens with zero attached hydrogens (tertiary/aromatic N) is 2. The lowest BCUT2D eigenvalue weighted by Crippen LogP contribution is -2.22. The second-order valence-corrected chi connectivity index (χ2v) is 4.89. The van der Waals surface area contributed by atoms with Gasteiger partial charge in [0.1, 0.15) is 0 Å². The molecule has 1 aromatic heterocycles. The lowest BCUT2D eigenvalue weighted by Gasteiger charge is -2.06. The molecule has 0 radical (unpaired) electrons. The Bertz CT molecular complexity index is 602. The summed E-state index contributed by atoms with van der Waals surface area (Å²) in [6.07, 6.45) is 3.84. The van der Waals surface area contributed by atoms with E-state index in [1.54, 1.807) is 0 Å². The number of pyridine rings is 1. The van der Waals surface area contributed by atoms with Crippen LogP contribution in [0.1, 0.15) is 30.7 Å². The van der Waals surface area contributed by atoms with E-state index in [-0.39, 0.29) is 0 Å². The van der Waals surface area contributed by atoms with Gasteiger partial charge < -0.3 is 11.1 Å². The normalized spacial score (nSPS) is 11.4. The van der Waals surface area contributed by atoms with E-state index in [0.29, 0.717) is 12.5 Å². The molecule has 3 N–H and O–H groups in total. The average molecular weight is 282 g/mol. The number of nitrogens with two attached hydrogens (primary N) is 1. The highest BCUT2D eigenvalue weighted by molar-refractivity contribution is 5.92. The van der Waals surface area contributed by atoms with Crippen molar-refractivity contribution in [3.8, 4) is 0 Å². The Morgan fingerprint density at radius 3 is 2.48 bits per heavy atom. The molecular weight excluding hydrogens is 260 g/mol. The van der Waals surface area contributed by atoms with Gasteiger partial charge in [-0.1, -0.05) is 26.0 Å². The van der Waals surface area contributed by atoms with Crippen LogP contribution in [-0.4, -0.2) is 10.9 Å². The summed E-state index contributed by atoms with van der Waals surface area (Å²) in [6, 6.07) is 12.3. The van der Waals surface area contributed by atoms with Crippen LogP contribution in [0.25, 0.3) is 0 Å². The predicted molar refractivity (Wildman–Crippen MR) is 88.4 cm³/mol. The molecule has 0 unspecified atom stereocenters. The second-order valence-electron chi connectivity index (χ2n) is 4.89. The molecule has 0 aliphatic rings. The molecule has 4 heteroatoms. The van der Waals surface area contributed by atoms with Crippen LogP contribution in [0.5, 0.6) is 0 Å². The molecule has 1 aromatic carbocycles. The Balaban J connectivity index is 1.96. The van der Waals surface area contributed by atoms with E-state index in [4.69, 9.17) is 5.73 Å². The van der Waals surface area contributed by atoms with Crippen molar-refractivity contribution in [3.05, 3.63) is 59.4 Å². The number of aromatic nitrogens is 1. The molecule has 4 nitrogen and oxygen atoms in total. The number of guanidine groups is 1. The minimum absolute atomic E-state index is 0.406. The molecule has 110 valence electrons. The van der Waals surface area contributed by atoms with Crippen LogP contribution >= 0.6 is 0 Å². The fourth-order valence-electron chi connectivity index (χ4n) is 2.01. The standard InChI is InChI=1S/C17H22N4/c1-3-13-5-7-15(8-6-13)21-17(18)20-12-16-11-14(4-2)9-10-19-16/h5-11H,3-4,12H2,1-2H3,(H3,18,20,21). The number of hydrogen-bond acceptors (Lipinski definition) is 2. The zero-order chi connectivity index (χ0) is 15.1. The summed E-state index contributed by atoms with van der Waals surface area (Å²) in [5.74, 6) is 0.406. The molecule has 1 heterocycles. The number of nitrogens with one attached hydrogen (secondary N) is 1. The third-order valence-electron chi connectivity index (χ3n) is 3.34. The molecule has 0 spiro atoms. The number of hydrogen-bond donors (Lipinski definition) is 2. The fourth-order valence-corrected chi connectivity index (χ4v) is 2.01. The molecule has 0 bridgehead atoms. The Morgan fingerprint density at radius 1 is 1.10 bits per heavy atom. The lowest BCUT2D eigenvalue weighted by atomic mass is 10.1. The Labute approximate surface area is 126 Å². The smallest absolute Gasteiger partial charge is 0.193 e. The number of rotatable bonds is 5. The van der Waals surface area contributed by atoms with Crippen molar-refractivity contribution in [2.75, 3.05) is 5.32 Å². The minimum Gasteiger partial charge on any atom is -0.370 e. The fraction of sp³-hybridized carbons (Fsp3) is 0.294. The molecule has 0 atom stereocenters. The maximum Gasteiger partial charge on any atom is 0.193 e. The van der Waals surface area contributed by atoms with Crippen molar-refractivity contribution < 1.29 is 0 Å². The highest BCUT2D eigenvalue weighted by Gasteiger charge is 1.98. The van der Waals surface area contributed by atoms with Crippen molar-refractivity contribution in [2.45, 2.75) is 33.2 Å². The van der Waals surface area contributed by atoms with Gasteiger partial charge in [-0.05, 0) is 48.2 Å². The van der Waals surface area contributed by atoms with E-state index >= 15 is 0 Å². The van der Waals surface area contributed by atoms with Gasteiger partial charge in [0, 0.05) is 11.9 Å². The highest BCUT2D eigenvalue weighted by Crippen LogP contribution is 2.10. The second kappa shape index (κ2) is 7.43. The molecule has 0 aliphatic heterocycles. The molecule has 0 fully saturated rings. The first-order chi connectivity index (χ1) is 10.2. The van der Waals surface area contributed by atoms with Crippen LogP contribution < -0.4 is 11.1 Å². The van der Waals surface area contributed by atoms with Crippen molar-refractivity contribution in [1.82, 2.24) is 4.98 Å². The Hall–Kier alpha value is -2.36. The Kier molecular flexibility index (Phi) is 5.32. The van der Waals surface area contributed by atoms with Crippen molar-refractivity contribution in [2.24, 2.45) is 10.7 Å². The zero-order valence-electron chi connectivity index (χ0n) is 12.6. The van der Waals surface area contributed by atoms with Crippen molar-refractivity contribution in [1.29, 1.82) is 0 Å². The van der Waals surface area contributed by atoms with E-state index in [1.165, 1.54) is 11.1 Å². The zero-order valence-corrected chi connectivity index (χ0v) is 12.6. The third-order valence-corrected chi connectivity index (χ3v) is 3.34. The molecule has 0 saturated heterocycles. The average Bonchev–Trinajstić information content (AvgIpc) is 2.54. The lowest BCUT2D eigenvalue weighted by molar-refractivity contribution is 0.967. The molecule has 21 heavy (non-hydrogen) atoms. The summed E-state index contributed by atoms with van der Waals surface area (Å²) in [6.45, 7) is 4.74. The van der Waals surface area contributed by atoms with Crippen LogP contribution in [0.4, 0.5) is 5.69 Å². The van der Waals surface area contributed by atoms with E-state index in [1.807, 2.05) is 24.4 Å². The molecular formula is C17H22N4. The van der Waals surface area contributed by atoms with Crippen LogP contribution in [0.15, 0.2) is 47.6 Å². The van der Waals surface area contributed by atoms with Gasteiger partial charge in [-0.2, -0.15) is 0 Å². The topological polar surface area (TPSA) is 63.3 Å². The maximum absolute atomic E-state index is 5.91. The van der Waals surface area contributed by atoms with E-state index in [9.17, 15) is 0 Å². The summed E-state index contributed by atoms with van der Waals surface area (Å²) < 4.78 is 0. The summed E-state index contributed by atoms with van der Waals surface area (Å²) in [4.78, 5) is 8.63. The summed E-state index contributed by atoms with van der Waals surface area (Å²) in [7, 11) is 0. The Morgan fingerprint density at radius 2 is 1.81 bits per heavy atom. The van der Waals surface area contributed by atoms with Gasteiger partial charge in [0.25, 0.3) is 0 Å². The number of aliphatic imine (C=N–C) groups is 1. The summed E-state index contributed by atoms with van der Waals surface area (Å²) >= 11 is 0. The summed E-state index contributed by atoms with van der Waals surface area (Å²) in [5.41, 5.74) is 10.3. The monoisotopic (exact) mass is 282 g/mol. The predicted octanol–water partition coefficient (Wildman–Crippen LogP) is 3.13. The van der Waals surface area contributed by atoms with Gasteiger partial charge in [-0.15, -0.1) is 0 Å². The van der Waals surface area contributed by atoms with Gasteiger partial charge in [-0.3, -0.25) is 4.98 Å². The van der Waals surface area contributed by atoms with Gasteiger partial charge in [0.2, 0.25) is 0 Å². The quantitative estimate of drug-likeness (QED) is 0.654. The van der Waals surface area contributed by atoms with Crippen LogP contribution in [-0.2, 0) is 19.4 Å². The van der Waals surface area contributed by atoms with E-state index in [2.05, 4.69) is 47.3 Å². The minimum atomic E-state index is 0.406. The number of aryl methyl sites for hydroxylation is 2. The highest BCUT2D eigenvalue weighted by atomic mass is 15.1. The first kappa shape index (κ1) is 15.0. The first-order valence-electron chi connectivity index (χ1n) is 7.31. The van der Waals surface area contributed by atoms with Crippen LogP contribution in [0, 0.1) is 0 Å². The molecule has 0 amide bonds. The molecule has 0 saturated carbocycles.